The maximum absolute atomic E-state index is 6.28. The zero-order valence-corrected chi connectivity index (χ0v) is 16.8. The molecule has 5 heteroatoms. The van der Waals surface area contributed by atoms with E-state index in [0.29, 0.717) is 6.61 Å². The normalized spacial score (nSPS) is 14.3. The first-order chi connectivity index (χ1) is 11.6. The lowest BCUT2D eigenvalue weighted by Crippen LogP contribution is -2.30. The molecule has 0 unspecified atom stereocenters. The highest BCUT2D eigenvalue weighted by Gasteiger charge is 2.17. The van der Waals surface area contributed by atoms with E-state index in [2.05, 4.69) is 97.2 Å². The fraction of sp³-hybridized carbons (Fsp3) is 0.316. The number of benzene rings is 2. The molecule has 3 rings (SSSR count). The molecule has 2 aromatic carbocycles. The minimum atomic E-state index is -0.0638. The zero-order valence-electron chi connectivity index (χ0n) is 13.6. The molecule has 0 aromatic heterocycles. The first-order valence-corrected chi connectivity index (χ1v) is 9.60. The van der Waals surface area contributed by atoms with Gasteiger partial charge in [-0.15, -0.1) is 0 Å². The SMILES string of the molecule is CC1=NCCN1CCOC(c1ccc(Br)cc1)c1ccc(Br)cc1. The first-order valence-electron chi connectivity index (χ1n) is 8.02. The van der Waals surface area contributed by atoms with Crippen LogP contribution in [-0.2, 0) is 4.74 Å². The molecular weight excluding hydrogens is 432 g/mol. The van der Waals surface area contributed by atoms with E-state index in [1.165, 1.54) is 0 Å². The Kier molecular flexibility index (Phi) is 6.09. The van der Waals surface area contributed by atoms with E-state index < -0.39 is 0 Å². The van der Waals surface area contributed by atoms with Crippen LogP contribution in [0.5, 0.6) is 0 Å². The van der Waals surface area contributed by atoms with Crippen LogP contribution in [0.3, 0.4) is 0 Å². The summed E-state index contributed by atoms with van der Waals surface area (Å²) in [7, 11) is 0. The zero-order chi connectivity index (χ0) is 16.9. The Morgan fingerprint density at radius 3 is 2.00 bits per heavy atom. The molecule has 0 N–H and O–H groups in total. The summed E-state index contributed by atoms with van der Waals surface area (Å²) in [6, 6.07) is 16.7. The molecule has 24 heavy (non-hydrogen) atoms. The van der Waals surface area contributed by atoms with Crippen molar-refractivity contribution in [2.24, 2.45) is 4.99 Å². The van der Waals surface area contributed by atoms with Gasteiger partial charge in [0.15, 0.2) is 0 Å². The third-order valence-corrected chi connectivity index (χ3v) is 5.22. The van der Waals surface area contributed by atoms with Crippen molar-refractivity contribution in [1.82, 2.24) is 4.90 Å². The molecule has 1 aliphatic heterocycles. The predicted molar refractivity (Wildman–Crippen MR) is 106 cm³/mol. The van der Waals surface area contributed by atoms with Crippen LogP contribution in [0.4, 0.5) is 0 Å². The Morgan fingerprint density at radius 2 is 1.54 bits per heavy atom. The maximum Gasteiger partial charge on any atom is 0.108 e. The van der Waals surface area contributed by atoms with E-state index in [1.54, 1.807) is 0 Å². The lowest BCUT2D eigenvalue weighted by Gasteiger charge is -2.23. The van der Waals surface area contributed by atoms with Crippen LogP contribution >= 0.6 is 31.9 Å². The van der Waals surface area contributed by atoms with Gasteiger partial charge >= 0.3 is 0 Å². The molecule has 0 aliphatic carbocycles. The summed E-state index contributed by atoms with van der Waals surface area (Å²) in [5.74, 6) is 1.11. The van der Waals surface area contributed by atoms with Crippen molar-refractivity contribution in [3.8, 4) is 0 Å². The van der Waals surface area contributed by atoms with E-state index in [1.807, 2.05) is 0 Å². The number of hydrogen-bond donors (Lipinski definition) is 0. The van der Waals surface area contributed by atoms with Crippen LogP contribution in [0.25, 0.3) is 0 Å². The number of hydrogen-bond acceptors (Lipinski definition) is 3. The van der Waals surface area contributed by atoms with Crippen molar-refractivity contribution in [3.05, 3.63) is 68.6 Å². The molecule has 0 saturated carbocycles. The number of nitrogens with zero attached hydrogens (tertiary/aromatic N) is 2. The number of amidine groups is 1. The highest BCUT2D eigenvalue weighted by atomic mass is 79.9. The van der Waals surface area contributed by atoms with E-state index >= 15 is 0 Å². The van der Waals surface area contributed by atoms with Gasteiger partial charge in [-0.05, 0) is 42.3 Å². The van der Waals surface area contributed by atoms with Crippen LogP contribution < -0.4 is 0 Å². The average Bonchev–Trinajstić information content (AvgIpc) is 2.99. The van der Waals surface area contributed by atoms with Crippen molar-refractivity contribution < 1.29 is 4.74 Å². The number of aliphatic imine (C=N–C) groups is 1. The second kappa shape index (κ2) is 8.28. The van der Waals surface area contributed by atoms with E-state index in [9.17, 15) is 0 Å². The second-order valence-corrected chi connectivity index (χ2v) is 7.60. The van der Waals surface area contributed by atoms with Gasteiger partial charge in [-0.1, -0.05) is 56.1 Å². The molecule has 3 nitrogen and oxygen atoms in total. The quantitative estimate of drug-likeness (QED) is 0.613. The van der Waals surface area contributed by atoms with Gasteiger partial charge in [0, 0.05) is 22.0 Å². The number of rotatable bonds is 6. The van der Waals surface area contributed by atoms with Gasteiger partial charge in [0.2, 0.25) is 0 Å². The van der Waals surface area contributed by atoms with Crippen molar-refractivity contribution in [2.75, 3.05) is 26.2 Å². The maximum atomic E-state index is 6.28. The summed E-state index contributed by atoms with van der Waals surface area (Å²) in [5, 5.41) is 0. The van der Waals surface area contributed by atoms with Crippen molar-refractivity contribution in [2.45, 2.75) is 13.0 Å². The minimum absolute atomic E-state index is 0.0638. The van der Waals surface area contributed by atoms with Gasteiger partial charge in [0.05, 0.1) is 19.0 Å². The summed E-state index contributed by atoms with van der Waals surface area (Å²) >= 11 is 6.99. The summed E-state index contributed by atoms with van der Waals surface area (Å²) in [4.78, 5) is 6.71. The molecule has 0 radical (unpaired) electrons. The minimum Gasteiger partial charge on any atom is -0.367 e. The Morgan fingerprint density at radius 1 is 1.00 bits per heavy atom. The molecular formula is C19H20Br2N2O. The second-order valence-electron chi connectivity index (χ2n) is 5.77. The van der Waals surface area contributed by atoms with Gasteiger partial charge in [-0.3, -0.25) is 4.99 Å². The lowest BCUT2D eigenvalue weighted by molar-refractivity contribution is 0.0720. The van der Waals surface area contributed by atoms with Crippen LogP contribution in [0.2, 0.25) is 0 Å². The summed E-state index contributed by atoms with van der Waals surface area (Å²) in [6.07, 6.45) is -0.0638. The Balaban J connectivity index is 1.73. The molecule has 1 heterocycles. The van der Waals surface area contributed by atoms with Crippen LogP contribution in [0.1, 0.15) is 24.2 Å². The molecule has 0 spiro atoms. The Labute approximate surface area is 160 Å². The van der Waals surface area contributed by atoms with Crippen molar-refractivity contribution in [1.29, 1.82) is 0 Å². The molecule has 0 saturated heterocycles. The van der Waals surface area contributed by atoms with Crippen LogP contribution in [-0.4, -0.2) is 37.0 Å². The number of halogens is 2. The van der Waals surface area contributed by atoms with Gasteiger partial charge in [-0.25, -0.2) is 0 Å². The molecule has 0 fully saturated rings. The topological polar surface area (TPSA) is 24.8 Å². The van der Waals surface area contributed by atoms with Gasteiger partial charge in [0.1, 0.15) is 6.10 Å². The third-order valence-electron chi connectivity index (χ3n) is 4.16. The van der Waals surface area contributed by atoms with Crippen molar-refractivity contribution >= 4 is 37.7 Å². The molecule has 0 amide bonds. The predicted octanol–water partition coefficient (Wildman–Crippen LogP) is 5.05. The highest BCUT2D eigenvalue weighted by Crippen LogP contribution is 2.28. The van der Waals surface area contributed by atoms with Crippen molar-refractivity contribution in [3.63, 3.8) is 0 Å². The highest BCUT2D eigenvalue weighted by molar-refractivity contribution is 9.10. The standard InChI is InChI=1S/C19H20Br2N2O/c1-14-22-10-11-23(14)12-13-24-19(15-2-6-17(20)7-3-15)16-4-8-18(21)9-5-16/h2-9,19H,10-13H2,1H3. The molecule has 2 aromatic rings. The Bertz CT molecular complexity index is 653. The molecule has 0 bridgehead atoms. The van der Waals surface area contributed by atoms with Crippen LogP contribution in [0.15, 0.2) is 62.5 Å². The molecule has 1 aliphatic rings. The lowest BCUT2D eigenvalue weighted by atomic mass is 10.0. The van der Waals surface area contributed by atoms with E-state index in [-0.39, 0.29) is 6.10 Å². The summed E-state index contributed by atoms with van der Waals surface area (Å²) in [6.45, 7) is 5.50. The monoisotopic (exact) mass is 450 g/mol. The number of ether oxygens (including phenoxy) is 1. The Hall–Kier alpha value is -1.17. The first kappa shape index (κ1) is 17.6. The van der Waals surface area contributed by atoms with E-state index in [0.717, 1.165) is 45.5 Å². The van der Waals surface area contributed by atoms with Gasteiger partial charge in [0.25, 0.3) is 0 Å². The van der Waals surface area contributed by atoms with E-state index in [4.69, 9.17) is 4.74 Å². The summed E-state index contributed by atoms with van der Waals surface area (Å²) in [5.41, 5.74) is 2.32. The smallest absolute Gasteiger partial charge is 0.108 e. The van der Waals surface area contributed by atoms with Crippen LogP contribution in [0, 0.1) is 0 Å². The van der Waals surface area contributed by atoms with Gasteiger partial charge in [-0.2, -0.15) is 0 Å². The average molecular weight is 452 g/mol. The fourth-order valence-corrected chi connectivity index (χ4v) is 3.34. The fourth-order valence-electron chi connectivity index (χ4n) is 2.81. The molecule has 0 atom stereocenters. The third kappa shape index (κ3) is 4.47. The molecule has 126 valence electrons. The largest absolute Gasteiger partial charge is 0.367 e. The van der Waals surface area contributed by atoms with Gasteiger partial charge < -0.3 is 9.64 Å². The summed E-state index contributed by atoms with van der Waals surface area (Å²) < 4.78 is 8.42.